The Kier molecular flexibility index (Phi) is 6.00. The molecule has 1 fully saturated rings. The van der Waals surface area contributed by atoms with E-state index in [1.165, 1.54) is 0 Å². The summed E-state index contributed by atoms with van der Waals surface area (Å²) >= 11 is 0. The van der Waals surface area contributed by atoms with Crippen LogP contribution in [0.25, 0.3) is 0 Å². The molecule has 0 aromatic heterocycles. The second-order valence-electron chi connectivity index (χ2n) is 6.37. The Morgan fingerprint density at radius 1 is 1.00 bits per heavy atom. The van der Waals surface area contributed by atoms with Crippen molar-refractivity contribution in [2.75, 3.05) is 6.54 Å². The van der Waals surface area contributed by atoms with Crippen LogP contribution in [-0.4, -0.2) is 12.5 Å². The van der Waals surface area contributed by atoms with Crippen LogP contribution in [0, 0.1) is 5.92 Å². The predicted octanol–water partition coefficient (Wildman–Crippen LogP) is 4.96. The van der Waals surface area contributed by atoms with E-state index in [4.69, 9.17) is 0 Å². The summed E-state index contributed by atoms with van der Waals surface area (Å²) in [6.45, 7) is 0.609. The molecule has 1 saturated heterocycles. The molecule has 0 aliphatic carbocycles. The lowest BCUT2D eigenvalue weighted by Crippen LogP contribution is -2.22. The molecule has 1 aromatic rings. The normalized spacial score (nSPS) is 19.4. The number of alkyl halides is 6. The van der Waals surface area contributed by atoms with Gasteiger partial charge in [0, 0.05) is 13.0 Å². The van der Waals surface area contributed by atoms with Crippen LogP contribution in [0.5, 0.6) is 0 Å². The Labute approximate surface area is 141 Å². The van der Waals surface area contributed by atoms with Gasteiger partial charge in [0.15, 0.2) is 0 Å². The lowest BCUT2D eigenvalue weighted by Gasteiger charge is -2.15. The number of carbonyl (C=O) groups excluding carboxylic acids is 1. The van der Waals surface area contributed by atoms with Gasteiger partial charge in [-0.05, 0) is 61.8 Å². The molecule has 1 aliphatic heterocycles. The minimum Gasteiger partial charge on any atom is -0.356 e. The molecule has 0 saturated carbocycles. The molecule has 1 aromatic carbocycles. The van der Waals surface area contributed by atoms with Crippen molar-refractivity contribution in [2.45, 2.75) is 50.9 Å². The highest BCUT2D eigenvalue weighted by Crippen LogP contribution is 2.36. The smallest absolute Gasteiger partial charge is 0.356 e. The third-order valence-corrected chi connectivity index (χ3v) is 4.31. The van der Waals surface area contributed by atoms with Crippen LogP contribution in [0.3, 0.4) is 0 Å². The van der Waals surface area contributed by atoms with Crippen LogP contribution in [-0.2, 0) is 23.6 Å². The highest BCUT2D eigenvalue weighted by atomic mass is 19.4. The number of benzene rings is 1. The summed E-state index contributed by atoms with van der Waals surface area (Å²) in [5.74, 6) is 0.0660. The van der Waals surface area contributed by atoms with Crippen molar-refractivity contribution in [1.29, 1.82) is 0 Å². The average molecular weight is 367 g/mol. The van der Waals surface area contributed by atoms with E-state index in [9.17, 15) is 31.1 Å². The number of nitrogens with one attached hydrogen (secondary N) is 1. The lowest BCUT2D eigenvalue weighted by molar-refractivity contribution is -0.143. The summed E-state index contributed by atoms with van der Waals surface area (Å²) in [5, 5.41) is 2.74. The summed E-state index contributed by atoms with van der Waals surface area (Å²) < 4.78 is 77.0. The third kappa shape index (κ3) is 5.93. The number of halogens is 6. The van der Waals surface area contributed by atoms with Crippen molar-refractivity contribution in [1.82, 2.24) is 5.32 Å². The van der Waals surface area contributed by atoms with Gasteiger partial charge < -0.3 is 5.32 Å². The van der Waals surface area contributed by atoms with Gasteiger partial charge in [-0.25, -0.2) is 0 Å². The molecule has 1 aliphatic rings. The molecule has 1 N–H and O–H groups in total. The molecule has 2 rings (SSSR count). The van der Waals surface area contributed by atoms with E-state index in [-0.39, 0.29) is 29.9 Å². The first-order valence-electron chi connectivity index (χ1n) is 8.11. The van der Waals surface area contributed by atoms with E-state index in [2.05, 4.69) is 5.32 Å². The third-order valence-electron chi connectivity index (χ3n) is 4.31. The Balaban J connectivity index is 2.06. The van der Waals surface area contributed by atoms with Gasteiger partial charge in [0.05, 0.1) is 11.1 Å². The summed E-state index contributed by atoms with van der Waals surface area (Å²) in [7, 11) is 0. The van der Waals surface area contributed by atoms with Crippen LogP contribution in [0.1, 0.15) is 48.8 Å². The maximum absolute atomic E-state index is 12.8. The van der Waals surface area contributed by atoms with Crippen molar-refractivity contribution >= 4 is 5.91 Å². The second-order valence-corrected chi connectivity index (χ2v) is 6.37. The maximum Gasteiger partial charge on any atom is 0.416 e. The molecular weight excluding hydrogens is 348 g/mol. The van der Waals surface area contributed by atoms with Gasteiger partial charge in [-0.1, -0.05) is 0 Å². The molecule has 25 heavy (non-hydrogen) atoms. The van der Waals surface area contributed by atoms with E-state index >= 15 is 0 Å². The van der Waals surface area contributed by atoms with E-state index in [0.717, 1.165) is 25.0 Å². The predicted molar refractivity (Wildman–Crippen MR) is 79.7 cm³/mol. The molecule has 2 nitrogen and oxygen atoms in total. The van der Waals surface area contributed by atoms with Gasteiger partial charge in [0.25, 0.3) is 0 Å². The number of amides is 1. The monoisotopic (exact) mass is 367 g/mol. The molecule has 8 heteroatoms. The fourth-order valence-electron chi connectivity index (χ4n) is 3.06. The quantitative estimate of drug-likeness (QED) is 0.749. The SMILES string of the molecule is O=C1C[C@@H](CCCc2cc(C(F)(F)F)cc(C(F)(F)F)c2)CCCN1. The van der Waals surface area contributed by atoms with Crippen LogP contribution < -0.4 is 5.32 Å². The topological polar surface area (TPSA) is 29.1 Å². The Morgan fingerprint density at radius 2 is 1.60 bits per heavy atom. The Morgan fingerprint density at radius 3 is 2.16 bits per heavy atom. The Hall–Kier alpha value is -1.73. The van der Waals surface area contributed by atoms with Crippen LogP contribution in [0.4, 0.5) is 26.3 Å². The molecule has 0 bridgehead atoms. The first-order valence-corrected chi connectivity index (χ1v) is 8.11. The number of rotatable bonds is 4. The molecule has 1 amide bonds. The highest BCUT2D eigenvalue weighted by Gasteiger charge is 2.36. The summed E-state index contributed by atoms with van der Waals surface area (Å²) in [6, 6.07) is 1.68. The molecule has 1 atom stereocenters. The molecule has 0 unspecified atom stereocenters. The lowest BCUT2D eigenvalue weighted by atomic mass is 9.92. The fourth-order valence-corrected chi connectivity index (χ4v) is 3.06. The molecular formula is C17H19F6NO. The van der Waals surface area contributed by atoms with Gasteiger partial charge in [-0.3, -0.25) is 4.79 Å². The number of hydrogen-bond donors (Lipinski definition) is 1. The molecule has 1 heterocycles. The first kappa shape index (κ1) is 19.6. The number of hydrogen-bond acceptors (Lipinski definition) is 1. The zero-order valence-corrected chi connectivity index (χ0v) is 13.4. The van der Waals surface area contributed by atoms with E-state index in [0.29, 0.717) is 25.8 Å². The zero-order chi connectivity index (χ0) is 18.7. The van der Waals surface area contributed by atoms with E-state index < -0.39 is 23.5 Å². The minimum atomic E-state index is -4.82. The van der Waals surface area contributed by atoms with Crippen LogP contribution in [0.2, 0.25) is 0 Å². The van der Waals surface area contributed by atoms with Gasteiger partial charge in [-0.15, -0.1) is 0 Å². The average Bonchev–Trinajstić information content (AvgIpc) is 2.69. The van der Waals surface area contributed by atoms with E-state index in [1.807, 2.05) is 0 Å². The fraction of sp³-hybridized carbons (Fsp3) is 0.588. The van der Waals surface area contributed by atoms with Crippen molar-refractivity contribution in [3.8, 4) is 0 Å². The van der Waals surface area contributed by atoms with Crippen molar-refractivity contribution in [2.24, 2.45) is 5.92 Å². The number of carbonyl (C=O) groups is 1. The largest absolute Gasteiger partial charge is 0.416 e. The van der Waals surface area contributed by atoms with Crippen LogP contribution >= 0.6 is 0 Å². The van der Waals surface area contributed by atoms with Gasteiger partial charge in [0.2, 0.25) is 5.91 Å². The van der Waals surface area contributed by atoms with E-state index in [1.54, 1.807) is 0 Å². The summed E-state index contributed by atoms with van der Waals surface area (Å²) in [4.78, 5) is 11.5. The van der Waals surface area contributed by atoms with Crippen molar-refractivity contribution in [3.63, 3.8) is 0 Å². The summed E-state index contributed by atoms with van der Waals surface area (Å²) in [6.07, 6.45) is -6.47. The van der Waals surface area contributed by atoms with Crippen LogP contribution in [0.15, 0.2) is 18.2 Å². The summed E-state index contributed by atoms with van der Waals surface area (Å²) in [5.41, 5.74) is -2.56. The van der Waals surface area contributed by atoms with Gasteiger partial charge in [0.1, 0.15) is 0 Å². The molecule has 0 radical (unpaired) electrons. The first-order chi connectivity index (χ1) is 11.6. The maximum atomic E-state index is 12.8. The standard InChI is InChI=1S/C17H19F6NO/c18-16(19,20)13-7-12(8-14(10-13)17(21,22)23)4-1-3-11-5-2-6-24-15(25)9-11/h7-8,10-11H,1-6,9H2,(H,24,25)/t11-/m0/s1. The minimum absolute atomic E-state index is 0.0141. The molecule has 140 valence electrons. The molecule has 0 spiro atoms. The Bertz CT molecular complexity index is 576. The van der Waals surface area contributed by atoms with Crippen molar-refractivity contribution in [3.05, 3.63) is 34.9 Å². The highest BCUT2D eigenvalue weighted by molar-refractivity contribution is 5.76. The van der Waals surface area contributed by atoms with Gasteiger partial charge >= 0.3 is 12.4 Å². The number of aryl methyl sites for hydroxylation is 1. The second kappa shape index (κ2) is 7.66. The zero-order valence-electron chi connectivity index (χ0n) is 13.4. The van der Waals surface area contributed by atoms with Crippen molar-refractivity contribution < 1.29 is 31.1 Å². The van der Waals surface area contributed by atoms with Gasteiger partial charge in [-0.2, -0.15) is 26.3 Å².